The highest BCUT2D eigenvalue weighted by atomic mass is 19.1. The first-order valence-corrected chi connectivity index (χ1v) is 12.1. The molecule has 3 aliphatic carbocycles. The lowest BCUT2D eigenvalue weighted by Crippen LogP contribution is -2.69. The van der Waals surface area contributed by atoms with Crippen LogP contribution >= 0.6 is 0 Å². The lowest BCUT2D eigenvalue weighted by molar-refractivity contribution is -0.127. The molecule has 5 aromatic rings. The molecule has 8 rings (SSSR count). The zero-order valence-corrected chi connectivity index (χ0v) is 20.0. The lowest BCUT2D eigenvalue weighted by Gasteiger charge is -2.66. The number of nitrogens with two attached hydrogens (primary N) is 1. The van der Waals surface area contributed by atoms with E-state index in [2.05, 4.69) is 15.1 Å². The molecule has 3 aliphatic rings. The number of rotatable bonds is 5. The Morgan fingerprint density at radius 3 is 2.62 bits per heavy atom. The molecule has 0 saturated heterocycles. The van der Waals surface area contributed by atoms with E-state index in [9.17, 15) is 4.79 Å². The maximum Gasteiger partial charge on any atom is 0.257 e. The molecule has 0 aliphatic heterocycles. The van der Waals surface area contributed by atoms with Gasteiger partial charge in [0.05, 0.1) is 34.8 Å². The highest BCUT2D eigenvalue weighted by molar-refractivity contribution is 5.99. The van der Waals surface area contributed by atoms with E-state index >= 15 is 8.78 Å². The van der Waals surface area contributed by atoms with E-state index in [1.807, 2.05) is 12.1 Å². The molecule has 0 atom stereocenters. The molecule has 2 N–H and O–H groups in total. The third-order valence-corrected chi connectivity index (χ3v) is 8.02. The van der Waals surface area contributed by atoms with Crippen molar-refractivity contribution in [3.05, 3.63) is 77.9 Å². The van der Waals surface area contributed by atoms with Crippen LogP contribution in [0.3, 0.4) is 0 Å². The number of aryl methyl sites for hydroxylation is 1. The molecule has 1 amide bonds. The number of halogens is 2. The molecule has 2 aromatic carbocycles. The standard InChI is InChI=1S/C27H23F2N7O/c1-34-22(4-5-32-34)16-2-3-17(19(28)6-16)13-36(27-9-15(10-27)11-27)26(37)18-7-23-21(8-20(18)29)33-25(30)24-12-31-14-35(23)24/h2-8,12,14-15H,9-11,13H2,1H3,(H2,30,33). The third kappa shape index (κ3) is 3.18. The van der Waals surface area contributed by atoms with Crippen molar-refractivity contribution >= 4 is 28.3 Å². The fourth-order valence-corrected chi connectivity index (χ4v) is 5.89. The highest BCUT2D eigenvalue weighted by Gasteiger charge is 2.61. The summed E-state index contributed by atoms with van der Waals surface area (Å²) in [6.07, 6.45) is 7.34. The number of hydrogen-bond donors (Lipinski definition) is 1. The van der Waals surface area contributed by atoms with Gasteiger partial charge in [0.25, 0.3) is 5.91 Å². The van der Waals surface area contributed by atoms with Crippen LogP contribution in [0, 0.1) is 17.6 Å². The van der Waals surface area contributed by atoms with E-state index in [4.69, 9.17) is 5.73 Å². The second-order valence-corrected chi connectivity index (χ2v) is 10.2. The SMILES string of the molecule is Cn1nccc1-c1ccc(CN(C(=O)c2cc3c(cc2F)nc(N)c2cncn23)C23CC(C2)C3)c(F)c1. The number of nitrogen functional groups attached to an aromatic ring is 1. The monoisotopic (exact) mass is 499 g/mol. The van der Waals surface area contributed by atoms with E-state index in [0.717, 1.165) is 25.0 Å². The van der Waals surface area contributed by atoms with Crippen LogP contribution in [-0.4, -0.2) is 40.5 Å². The Bertz CT molecular complexity index is 1720. The summed E-state index contributed by atoms with van der Waals surface area (Å²) in [5.74, 6) is -0.761. The largest absolute Gasteiger partial charge is 0.382 e. The van der Waals surface area contributed by atoms with E-state index in [0.29, 0.717) is 33.6 Å². The molecule has 0 unspecified atom stereocenters. The van der Waals surface area contributed by atoms with E-state index < -0.39 is 17.5 Å². The molecular weight excluding hydrogens is 476 g/mol. The van der Waals surface area contributed by atoms with Crippen LogP contribution in [0.4, 0.5) is 14.6 Å². The first-order chi connectivity index (χ1) is 17.8. The number of carbonyl (C=O) groups is 1. The van der Waals surface area contributed by atoms with Crippen LogP contribution in [0.5, 0.6) is 0 Å². The summed E-state index contributed by atoms with van der Waals surface area (Å²) in [6.45, 7) is 0.0566. The van der Waals surface area contributed by atoms with Crippen LogP contribution in [0.2, 0.25) is 0 Å². The van der Waals surface area contributed by atoms with Crippen LogP contribution < -0.4 is 5.73 Å². The number of aromatic nitrogens is 5. The van der Waals surface area contributed by atoms with Crippen molar-refractivity contribution in [1.29, 1.82) is 0 Å². The van der Waals surface area contributed by atoms with Gasteiger partial charge < -0.3 is 10.6 Å². The summed E-state index contributed by atoms with van der Waals surface area (Å²) in [4.78, 5) is 24.0. The van der Waals surface area contributed by atoms with Gasteiger partial charge in [0.2, 0.25) is 0 Å². The van der Waals surface area contributed by atoms with Crippen molar-refractivity contribution < 1.29 is 13.6 Å². The van der Waals surface area contributed by atoms with Crippen LogP contribution in [0.15, 0.2) is 55.1 Å². The van der Waals surface area contributed by atoms with Gasteiger partial charge in [-0.1, -0.05) is 12.1 Å². The van der Waals surface area contributed by atoms with Gasteiger partial charge in [-0.15, -0.1) is 0 Å². The van der Waals surface area contributed by atoms with Crippen molar-refractivity contribution in [2.75, 3.05) is 5.73 Å². The van der Waals surface area contributed by atoms with Crippen molar-refractivity contribution in [2.45, 2.75) is 31.3 Å². The Morgan fingerprint density at radius 1 is 1.14 bits per heavy atom. The van der Waals surface area contributed by atoms with Gasteiger partial charge in [0, 0.05) is 42.5 Å². The summed E-state index contributed by atoms with van der Waals surface area (Å²) >= 11 is 0. The minimum Gasteiger partial charge on any atom is -0.382 e. The number of benzene rings is 2. The number of carbonyl (C=O) groups excluding carboxylic acids is 1. The molecule has 0 radical (unpaired) electrons. The quantitative estimate of drug-likeness (QED) is 0.388. The molecule has 10 heteroatoms. The van der Waals surface area contributed by atoms with Crippen LogP contribution in [0.1, 0.15) is 35.2 Å². The molecule has 3 heterocycles. The third-order valence-electron chi connectivity index (χ3n) is 8.02. The molecule has 3 fully saturated rings. The van der Waals surface area contributed by atoms with Gasteiger partial charge >= 0.3 is 0 Å². The van der Waals surface area contributed by atoms with Crippen molar-refractivity contribution in [3.8, 4) is 11.3 Å². The highest BCUT2D eigenvalue weighted by Crippen LogP contribution is 2.61. The van der Waals surface area contributed by atoms with Crippen LogP contribution in [0.25, 0.3) is 27.8 Å². The van der Waals surface area contributed by atoms with Crippen LogP contribution in [-0.2, 0) is 13.6 Å². The maximum absolute atomic E-state index is 15.3. The average molecular weight is 500 g/mol. The van der Waals surface area contributed by atoms with Crippen molar-refractivity contribution in [1.82, 2.24) is 29.0 Å². The lowest BCUT2D eigenvalue weighted by atomic mass is 9.49. The first-order valence-electron chi connectivity index (χ1n) is 12.1. The fourth-order valence-electron chi connectivity index (χ4n) is 5.89. The predicted octanol–water partition coefficient (Wildman–Crippen LogP) is 4.34. The molecular formula is C27H23F2N7O. The fraction of sp³-hybridized carbons (Fsp3) is 0.259. The zero-order valence-electron chi connectivity index (χ0n) is 20.0. The maximum atomic E-state index is 15.3. The minimum absolute atomic E-state index is 0.0566. The smallest absolute Gasteiger partial charge is 0.257 e. The average Bonchev–Trinajstić information content (AvgIpc) is 3.47. The van der Waals surface area contributed by atoms with Gasteiger partial charge in [0.15, 0.2) is 0 Å². The number of amides is 1. The number of anilines is 1. The molecule has 8 nitrogen and oxygen atoms in total. The van der Waals surface area contributed by atoms with Gasteiger partial charge in [0.1, 0.15) is 23.0 Å². The summed E-state index contributed by atoms with van der Waals surface area (Å²) in [5.41, 5.74) is 8.84. The van der Waals surface area contributed by atoms with Gasteiger partial charge in [-0.3, -0.25) is 13.9 Å². The molecule has 3 aromatic heterocycles. The minimum atomic E-state index is -0.688. The van der Waals surface area contributed by atoms with E-state index in [1.54, 1.807) is 45.8 Å². The summed E-state index contributed by atoms with van der Waals surface area (Å²) in [5, 5.41) is 4.15. The second kappa shape index (κ2) is 7.58. The molecule has 3 saturated carbocycles. The Labute approximate surface area is 210 Å². The normalized spacial score (nSPS) is 20.1. The van der Waals surface area contributed by atoms with Gasteiger partial charge in [-0.25, -0.2) is 18.7 Å². The van der Waals surface area contributed by atoms with Crippen molar-refractivity contribution in [3.63, 3.8) is 0 Å². The van der Waals surface area contributed by atoms with Crippen molar-refractivity contribution in [2.24, 2.45) is 13.0 Å². The molecule has 37 heavy (non-hydrogen) atoms. The Morgan fingerprint density at radius 2 is 1.95 bits per heavy atom. The number of hydrogen-bond acceptors (Lipinski definition) is 5. The molecule has 186 valence electrons. The number of imidazole rings is 1. The number of fused-ring (bicyclic) bond motifs is 3. The molecule has 0 spiro atoms. The Kier molecular flexibility index (Phi) is 4.49. The first kappa shape index (κ1) is 21.9. The Balaban J connectivity index is 1.28. The van der Waals surface area contributed by atoms with E-state index in [1.165, 1.54) is 18.2 Å². The second-order valence-electron chi connectivity index (χ2n) is 10.2. The molecule has 2 bridgehead atoms. The topological polar surface area (TPSA) is 94.3 Å². The van der Waals surface area contributed by atoms with Gasteiger partial charge in [-0.05, 0) is 43.4 Å². The Hall–Kier alpha value is -4.34. The van der Waals surface area contributed by atoms with Gasteiger partial charge in [-0.2, -0.15) is 5.10 Å². The predicted molar refractivity (Wildman–Crippen MR) is 133 cm³/mol. The summed E-state index contributed by atoms with van der Waals surface area (Å²) in [6, 6.07) is 9.51. The van der Waals surface area contributed by atoms with E-state index in [-0.39, 0.29) is 23.5 Å². The number of nitrogens with zero attached hydrogens (tertiary/aromatic N) is 6. The zero-order chi connectivity index (χ0) is 25.5. The summed E-state index contributed by atoms with van der Waals surface area (Å²) in [7, 11) is 1.80. The summed E-state index contributed by atoms with van der Waals surface area (Å²) < 4.78 is 34.0.